The number of nitrogens with one attached hydrogen (secondary N) is 1. The van der Waals surface area contributed by atoms with Crippen molar-refractivity contribution in [2.75, 3.05) is 33.8 Å². The Kier molecular flexibility index (Phi) is 7.01. The Bertz CT molecular complexity index is 169. The van der Waals surface area contributed by atoms with E-state index in [0.29, 0.717) is 6.10 Å². The predicted molar refractivity (Wildman–Crippen MR) is 68.8 cm³/mol. The van der Waals surface area contributed by atoms with Gasteiger partial charge in [0.2, 0.25) is 0 Å². The Labute approximate surface area is 101 Å². The first-order valence-electron chi connectivity index (χ1n) is 6.72. The minimum Gasteiger partial charge on any atom is -0.377 e. The van der Waals surface area contributed by atoms with E-state index in [0.717, 1.165) is 32.2 Å². The molecule has 1 unspecified atom stereocenters. The maximum atomic E-state index is 5.92. The molecule has 3 heteroatoms. The summed E-state index contributed by atoms with van der Waals surface area (Å²) in [6.07, 6.45) is 6.68. The lowest BCUT2D eigenvalue weighted by atomic mass is 10.2. The monoisotopic (exact) mass is 228 g/mol. The van der Waals surface area contributed by atoms with Crippen molar-refractivity contribution >= 4 is 0 Å². The highest BCUT2D eigenvalue weighted by atomic mass is 16.5. The third-order valence-electron chi connectivity index (χ3n) is 2.93. The molecule has 1 N–H and O–H groups in total. The average molecular weight is 228 g/mol. The topological polar surface area (TPSA) is 24.5 Å². The molecule has 0 spiro atoms. The zero-order chi connectivity index (χ0) is 11.8. The first-order chi connectivity index (χ1) is 7.72. The maximum Gasteiger partial charge on any atom is 0.0699 e. The molecule has 1 saturated carbocycles. The number of rotatable bonds is 10. The minimum absolute atomic E-state index is 0.424. The van der Waals surface area contributed by atoms with Crippen LogP contribution < -0.4 is 5.32 Å². The summed E-state index contributed by atoms with van der Waals surface area (Å²) in [6.45, 7) is 5.29. The van der Waals surface area contributed by atoms with E-state index < -0.39 is 0 Å². The molecule has 1 atom stereocenters. The average Bonchev–Trinajstić information content (AvgIpc) is 3.04. The van der Waals surface area contributed by atoms with Gasteiger partial charge in [-0.3, -0.25) is 0 Å². The van der Waals surface area contributed by atoms with Crippen molar-refractivity contribution in [3.8, 4) is 0 Å². The summed E-state index contributed by atoms with van der Waals surface area (Å²) in [5.41, 5.74) is 0. The van der Waals surface area contributed by atoms with Gasteiger partial charge in [0, 0.05) is 19.2 Å². The number of nitrogens with zero attached hydrogens (tertiary/aromatic N) is 1. The van der Waals surface area contributed by atoms with E-state index in [1.807, 2.05) is 0 Å². The number of hydrogen-bond donors (Lipinski definition) is 1. The molecule has 16 heavy (non-hydrogen) atoms. The van der Waals surface area contributed by atoms with Gasteiger partial charge in [0.15, 0.2) is 0 Å². The molecule has 0 aromatic carbocycles. The zero-order valence-electron chi connectivity index (χ0n) is 11.2. The first kappa shape index (κ1) is 13.9. The van der Waals surface area contributed by atoms with Gasteiger partial charge < -0.3 is 15.0 Å². The summed E-state index contributed by atoms with van der Waals surface area (Å²) in [5.74, 6) is 0. The fourth-order valence-corrected chi connectivity index (χ4v) is 1.78. The molecule has 96 valence electrons. The molecule has 0 bridgehead atoms. The van der Waals surface area contributed by atoms with Crippen LogP contribution in [0, 0.1) is 0 Å². The standard InChI is InChI=1S/C13H28N2O/c1-4-6-13(11-14-12-7-8-12)16-10-5-9-15(2)3/h12-14H,4-11H2,1-3H3. The van der Waals surface area contributed by atoms with Crippen LogP contribution in [0.25, 0.3) is 0 Å². The van der Waals surface area contributed by atoms with Crippen molar-refractivity contribution in [2.45, 2.75) is 51.2 Å². The molecule has 1 aliphatic rings. The molecule has 0 aliphatic heterocycles. The summed E-state index contributed by atoms with van der Waals surface area (Å²) < 4.78 is 5.92. The van der Waals surface area contributed by atoms with Gasteiger partial charge in [0.25, 0.3) is 0 Å². The summed E-state index contributed by atoms with van der Waals surface area (Å²) in [6, 6.07) is 0.796. The number of ether oxygens (including phenoxy) is 1. The fraction of sp³-hybridized carbons (Fsp3) is 1.00. The van der Waals surface area contributed by atoms with Crippen molar-refractivity contribution < 1.29 is 4.74 Å². The second-order valence-electron chi connectivity index (χ2n) is 5.12. The summed E-state index contributed by atoms with van der Waals surface area (Å²) >= 11 is 0. The molecular weight excluding hydrogens is 200 g/mol. The van der Waals surface area contributed by atoms with Crippen LogP contribution in [0.5, 0.6) is 0 Å². The Morgan fingerprint density at radius 3 is 2.69 bits per heavy atom. The fourth-order valence-electron chi connectivity index (χ4n) is 1.78. The minimum atomic E-state index is 0.424. The summed E-state index contributed by atoms with van der Waals surface area (Å²) in [4.78, 5) is 2.21. The largest absolute Gasteiger partial charge is 0.377 e. The normalized spacial score (nSPS) is 18.0. The second-order valence-corrected chi connectivity index (χ2v) is 5.12. The summed E-state index contributed by atoms with van der Waals surface area (Å²) in [5, 5.41) is 3.56. The van der Waals surface area contributed by atoms with Crippen LogP contribution in [0.2, 0.25) is 0 Å². The molecule has 3 nitrogen and oxygen atoms in total. The van der Waals surface area contributed by atoms with Crippen molar-refractivity contribution in [3.05, 3.63) is 0 Å². The van der Waals surface area contributed by atoms with Gasteiger partial charge in [-0.25, -0.2) is 0 Å². The van der Waals surface area contributed by atoms with Crippen LogP contribution in [-0.4, -0.2) is 50.8 Å². The lowest BCUT2D eigenvalue weighted by Crippen LogP contribution is -2.31. The quantitative estimate of drug-likeness (QED) is 0.578. The lowest BCUT2D eigenvalue weighted by molar-refractivity contribution is 0.0426. The van der Waals surface area contributed by atoms with Crippen molar-refractivity contribution in [1.29, 1.82) is 0 Å². The van der Waals surface area contributed by atoms with E-state index in [-0.39, 0.29) is 0 Å². The van der Waals surface area contributed by atoms with Gasteiger partial charge in [-0.15, -0.1) is 0 Å². The highest BCUT2D eigenvalue weighted by Crippen LogP contribution is 2.18. The Morgan fingerprint density at radius 1 is 1.38 bits per heavy atom. The van der Waals surface area contributed by atoms with Crippen LogP contribution in [0.3, 0.4) is 0 Å². The van der Waals surface area contributed by atoms with Crippen LogP contribution in [0.15, 0.2) is 0 Å². The SMILES string of the molecule is CCCC(CNC1CC1)OCCCN(C)C. The van der Waals surface area contributed by atoms with E-state index in [2.05, 4.69) is 31.2 Å². The van der Waals surface area contributed by atoms with Gasteiger partial charge in [-0.1, -0.05) is 13.3 Å². The molecular formula is C13H28N2O. The van der Waals surface area contributed by atoms with Crippen LogP contribution in [0.1, 0.15) is 39.0 Å². The van der Waals surface area contributed by atoms with Crippen molar-refractivity contribution in [2.24, 2.45) is 0 Å². The van der Waals surface area contributed by atoms with Gasteiger partial charge >= 0.3 is 0 Å². The van der Waals surface area contributed by atoms with E-state index in [4.69, 9.17) is 4.74 Å². The third kappa shape index (κ3) is 7.20. The molecule has 0 radical (unpaired) electrons. The highest BCUT2D eigenvalue weighted by molar-refractivity contribution is 4.82. The molecule has 0 amide bonds. The van der Waals surface area contributed by atoms with E-state index in [1.54, 1.807) is 0 Å². The third-order valence-corrected chi connectivity index (χ3v) is 2.93. The highest BCUT2D eigenvalue weighted by Gasteiger charge is 2.21. The van der Waals surface area contributed by atoms with Gasteiger partial charge in [0.1, 0.15) is 0 Å². The Hall–Kier alpha value is -0.120. The molecule has 0 aromatic heterocycles. The summed E-state index contributed by atoms with van der Waals surface area (Å²) in [7, 11) is 4.22. The van der Waals surface area contributed by atoms with Crippen molar-refractivity contribution in [3.63, 3.8) is 0 Å². The smallest absolute Gasteiger partial charge is 0.0699 e. The molecule has 0 saturated heterocycles. The molecule has 1 rings (SSSR count). The molecule has 1 fully saturated rings. The van der Waals surface area contributed by atoms with E-state index in [9.17, 15) is 0 Å². The van der Waals surface area contributed by atoms with Crippen molar-refractivity contribution in [1.82, 2.24) is 10.2 Å². The first-order valence-corrected chi connectivity index (χ1v) is 6.72. The van der Waals surface area contributed by atoms with E-state index >= 15 is 0 Å². The maximum absolute atomic E-state index is 5.92. The number of hydrogen-bond acceptors (Lipinski definition) is 3. The lowest BCUT2D eigenvalue weighted by Gasteiger charge is -2.18. The van der Waals surface area contributed by atoms with Crippen LogP contribution in [-0.2, 0) is 4.74 Å². The van der Waals surface area contributed by atoms with Crippen LogP contribution >= 0.6 is 0 Å². The van der Waals surface area contributed by atoms with Gasteiger partial charge in [0.05, 0.1) is 6.10 Å². The van der Waals surface area contributed by atoms with Gasteiger partial charge in [-0.2, -0.15) is 0 Å². The predicted octanol–water partition coefficient (Wildman–Crippen LogP) is 1.88. The molecule has 1 aliphatic carbocycles. The molecule has 0 heterocycles. The Morgan fingerprint density at radius 2 is 2.12 bits per heavy atom. The van der Waals surface area contributed by atoms with E-state index in [1.165, 1.54) is 25.7 Å². The Balaban J connectivity index is 2.01. The molecule has 0 aromatic rings. The van der Waals surface area contributed by atoms with Crippen LogP contribution in [0.4, 0.5) is 0 Å². The second kappa shape index (κ2) is 8.04. The van der Waals surface area contributed by atoms with Gasteiger partial charge in [-0.05, 0) is 46.3 Å². The zero-order valence-corrected chi connectivity index (χ0v) is 11.2.